The van der Waals surface area contributed by atoms with Gasteiger partial charge < -0.3 is 15.3 Å². The number of hydrogen-bond donors (Lipinski definition) is 2. The number of carbonyl (C=O) groups excluding carboxylic acids is 1. The van der Waals surface area contributed by atoms with E-state index >= 15 is 0 Å². The van der Waals surface area contributed by atoms with Crippen LogP contribution in [0.2, 0.25) is 0 Å². The Balaban J connectivity index is 1.71. The van der Waals surface area contributed by atoms with Crippen LogP contribution in [0, 0.1) is 0 Å². The summed E-state index contributed by atoms with van der Waals surface area (Å²) in [5.41, 5.74) is 2.53. The molecule has 1 aliphatic rings. The number of nitrogens with zero attached hydrogens (tertiary/aromatic N) is 2. The Bertz CT molecular complexity index is 1010. The van der Waals surface area contributed by atoms with Gasteiger partial charge in [0.25, 0.3) is 5.91 Å². The van der Waals surface area contributed by atoms with Crippen molar-refractivity contribution in [2.75, 3.05) is 18.1 Å². The second-order valence-corrected chi connectivity index (χ2v) is 7.92. The van der Waals surface area contributed by atoms with Crippen LogP contribution in [0.15, 0.2) is 60.7 Å². The largest absolute Gasteiger partial charge is 0.394 e. The summed E-state index contributed by atoms with van der Waals surface area (Å²) in [4.78, 5) is 20.4. The predicted octanol–water partition coefficient (Wildman–Crippen LogP) is 4.47. The maximum Gasteiger partial charge on any atom is 0.252 e. The molecule has 3 aromatic rings. The minimum atomic E-state index is -0.0943. The Morgan fingerprint density at radius 2 is 1.93 bits per heavy atom. The van der Waals surface area contributed by atoms with Crippen molar-refractivity contribution in [3.05, 3.63) is 71.8 Å². The number of nitrogens with one attached hydrogen (secondary N) is 1. The van der Waals surface area contributed by atoms with Gasteiger partial charge in [0.1, 0.15) is 5.82 Å². The minimum Gasteiger partial charge on any atom is -0.394 e. The number of piperidine rings is 1. The third-order valence-corrected chi connectivity index (χ3v) is 5.99. The van der Waals surface area contributed by atoms with Crippen molar-refractivity contribution < 1.29 is 9.90 Å². The van der Waals surface area contributed by atoms with Crippen molar-refractivity contribution in [1.82, 2.24) is 10.3 Å². The molecule has 5 heteroatoms. The molecular weight excluding hydrogens is 374 g/mol. The van der Waals surface area contributed by atoms with Gasteiger partial charge in [-0.1, -0.05) is 55.5 Å². The smallest absolute Gasteiger partial charge is 0.252 e. The summed E-state index contributed by atoms with van der Waals surface area (Å²) in [6.07, 6.45) is 3.93. The van der Waals surface area contributed by atoms with Crippen LogP contribution in [0.5, 0.6) is 0 Å². The van der Waals surface area contributed by atoms with Crippen LogP contribution in [0.25, 0.3) is 10.9 Å². The van der Waals surface area contributed by atoms with Crippen LogP contribution in [0.4, 0.5) is 5.82 Å². The Hall–Kier alpha value is -2.92. The Labute approximate surface area is 177 Å². The molecule has 1 amide bonds. The van der Waals surface area contributed by atoms with Gasteiger partial charge in [0.05, 0.1) is 29.8 Å². The lowest BCUT2D eigenvalue weighted by Crippen LogP contribution is -2.42. The van der Waals surface area contributed by atoms with Crippen molar-refractivity contribution in [3.63, 3.8) is 0 Å². The van der Waals surface area contributed by atoms with Gasteiger partial charge in [0.2, 0.25) is 0 Å². The number of pyridine rings is 1. The van der Waals surface area contributed by atoms with E-state index in [9.17, 15) is 9.90 Å². The van der Waals surface area contributed by atoms with E-state index in [4.69, 9.17) is 4.98 Å². The van der Waals surface area contributed by atoms with Crippen molar-refractivity contribution in [3.8, 4) is 0 Å². The minimum absolute atomic E-state index is 0.0470. The zero-order valence-corrected chi connectivity index (χ0v) is 17.4. The van der Waals surface area contributed by atoms with Crippen LogP contribution in [0.1, 0.15) is 54.6 Å². The second kappa shape index (κ2) is 9.26. The number of rotatable bonds is 6. The first-order valence-electron chi connectivity index (χ1n) is 10.8. The van der Waals surface area contributed by atoms with Gasteiger partial charge in [0.15, 0.2) is 0 Å². The number of para-hydroxylation sites is 1. The van der Waals surface area contributed by atoms with Gasteiger partial charge in [-0.05, 0) is 43.4 Å². The van der Waals surface area contributed by atoms with E-state index in [1.54, 1.807) is 0 Å². The molecule has 30 heavy (non-hydrogen) atoms. The van der Waals surface area contributed by atoms with Gasteiger partial charge in [-0.15, -0.1) is 0 Å². The molecule has 0 spiro atoms. The number of carbonyl (C=O) groups is 1. The highest BCUT2D eigenvalue weighted by Gasteiger charge is 2.25. The first-order chi connectivity index (χ1) is 14.7. The van der Waals surface area contributed by atoms with E-state index in [2.05, 4.69) is 17.1 Å². The fraction of sp³-hybridized carbons (Fsp3) is 0.360. The van der Waals surface area contributed by atoms with Gasteiger partial charge in [0, 0.05) is 11.9 Å². The first kappa shape index (κ1) is 20.4. The molecule has 2 aromatic carbocycles. The lowest BCUT2D eigenvalue weighted by atomic mass is 10.0. The number of anilines is 1. The highest BCUT2D eigenvalue weighted by Crippen LogP contribution is 2.28. The SMILES string of the molecule is CCC(NC(=O)c1cc(N2CCCC[C@H]2CO)nc2ccccc12)c1ccccc1. The molecule has 0 radical (unpaired) electrons. The maximum absolute atomic E-state index is 13.4. The van der Waals surface area contributed by atoms with Crippen LogP contribution >= 0.6 is 0 Å². The summed E-state index contributed by atoms with van der Waals surface area (Å²) in [5.74, 6) is 0.675. The zero-order chi connectivity index (χ0) is 20.9. The number of aliphatic hydroxyl groups is 1. The Morgan fingerprint density at radius 1 is 1.17 bits per heavy atom. The average molecular weight is 404 g/mol. The van der Waals surface area contributed by atoms with Crippen LogP contribution in [0.3, 0.4) is 0 Å². The quantitative estimate of drug-likeness (QED) is 0.637. The normalized spacial score (nSPS) is 17.7. The van der Waals surface area contributed by atoms with Crippen molar-refractivity contribution >= 4 is 22.6 Å². The van der Waals surface area contributed by atoms with E-state index in [1.165, 1.54) is 0 Å². The summed E-state index contributed by atoms with van der Waals surface area (Å²) in [7, 11) is 0. The summed E-state index contributed by atoms with van der Waals surface area (Å²) >= 11 is 0. The number of benzene rings is 2. The highest BCUT2D eigenvalue weighted by molar-refractivity contribution is 6.07. The summed E-state index contributed by atoms with van der Waals surface area (Å²) in [6.45, 7) is 3.02. The van der Waals surface area contributed by atoms with Crippen molar-refractivity contribution in [2.45, 2.75) is 44.7 Å². The van der Waals surface area contributed by atoms with Crippen LogP contribution in [-0.4, -0.2) is 35.2 Å². The Morgan fingerprint density at radius 3 is 2.70 bits per heavy atom. The van der Waals surface area contributed by atoms with E-state index < -0.39 is 0 Å². The molecule has 1 unspecified atom stereocenters. The number of aromatic nitrogens is 1. The lowest BCUT2D eigenvalue weighted by Gasteiger charge is -2.36. The van der Waals surface area contributed by atoms with Crippen molar-refractivity contribution in [1.29, 1.82) is 0 Å². The monoisotopic (exact) mass is 403 g/mol. The molecule has 5 nitrogen and oxygen atoms in total. The predicted molar refractivity (Wildman–Crippen MR) is 121 cm³/mol. The molecule has 0 saturated carbocycles. The molecule has 2 atom stereocenters. The molecule has 1 aliphatic heterocycles. The molecule has 156 valence electrons. The molecule has 4 rings (SSSR count). The number of fused-ring (bicyclic) bond motifs is 1. The Kier molecular flexibility index (Phi) is 6.29. The molecule has 0 bridgehead atoms. The van der Waals surface area contributed by atoms with E-state index in [0.717, 1.165) is 54.5 Å². The molecule has 2 N–H and O–H groups in total. The zero-order valence-electron chi connectivity index (χ0n) is 17.4. The summed E-state index contributed by atoms with van der Waals surface area (Å²) in [5, 5.41) is 13.9. The molecular formula is C25H29N3O2. The van der Waals surface area contributed by atoms with Gasteiger partial charge in [-0.3, -0.25) is 4.79 Å². The van der Waals surface area contributed by atoms with Crippen LogP contribution < -0.4 is 10.2 Å². The summed E-state index contributed by atoms with van der Waals surface area (Å²) in [6, 6.07) is 19.7. The first-order valence-corrected chi connectivity index (χ1v) is 10.8. The number of aliphatic hydroxyl groups excluding tert-OH is 1. The van der Waals surface area contributed by atoms with Crippen molar-refractivity contribution in [2.24, 2.45) is 0 Å². The van der Waals surface area contributed by atoms with Gasteiger partial charge in [-0.2, -0.15) is 0 Å². The fourth-order valence-corrected chi connectivity index (χ4v) is 4.33. The van der Waals surface area contributed by atoms with E-state index in [-0.39, 0.29) is 24.6 Å². The molecule has 2 heterocycles. The van der Waals surface area contributed by atoms with Gasteiger partial charge in [-0.25, -0.2) is 4.98 Å². The molecule has 1 saturated heterocycles. The van der Waals surface area contributed by atoms with Gasteiger partial charge >= 0.3 is 0 Å². The topological polar surface area (TPSA) is 65.5 Å². The number of amides is 1. The highest BCUT2D eigenvalue weighted by atomic mass is 16.3. The maximum atomic E-state index is 13.4. The average Bonchev–Trinajstić information content (AvgIpc) is 2.82. The molecule has 1 fully saturated rings. The third-order valence-electron chi connectivity index (χ3n) is 5.99. The second-order valence-electron chi connectivity index (χ2n) is 7.92. The number of hydrogen-bond acceptors (Lipinski definition) is 4. The van der Waals surface area contributed by atoms with E-state index in [0.29, 0.717) is 5.56 Å². The fourth-order valence-electron chi connectivity index (χ4n) is 4.33. The summed E-state index contributed by atoms with van der Waals surface area (Å²) < 4.78 is 0. The van der Waals surface area contributed by atoms with E-state index in [1.807, 2.05) is 60.7 Å². The molecule has 1 aromatic heterocycles. The third kappa shape index (κ3) is 4.17. The molecule has 0 aliphatic carbocycles. The lowest BCUT2D eigenvalue weighted by molar-refractivity contribution is 0.0937. The standard InChI is InChI=1S/C25H29N3O2/c1-2-22(18-10-4-3-5-11-18)27-25(30)21-16-24(26-23-14-7-6-13-20(21)23)28-15-9-8-12-19(28)17-29/h3-7,10-11,13-14,16,19,22,29H,2,8-9,12,15,17H2,1H3,(H,27,30)/t19-,22?/m0/s1. The van der Waals surface area contributed by atoms with Crippen LogP contribution in [-0.2, 0) is 0 Å².